The lowest BCUT2D eigenvalue weighted by molar-refractivity contribution is -0.115. The lowest BCUT2D eigenvalue weighted by atomic mass is 10.2. The molecule has 0 spiro atoms. The third-order valence-electron chi connectivity index (χ3n) is 1.72. The normalized spacial score (nSPS) is 10.2. The Bertz CT molecular complexity index is 394. The Kier molecular flexibility index (Phi) is 3.62. The molecule has 0 fully saturated rings. The summed E-state index contributed by atoms with van der Waals surface area (Å²) in [6.07, 6.45) is 2.12. The number of carbonyl (C=O) groups is 2. The summed E-state index contributed by atoms with van der Waals surface area (Å²) in [5.74, 6) is -1.02. The van der Waals surface area contributed by atoms with E-state index in [0.717, 1.165) is 17.7 Å². The minimum Gasteiger partial charge on any atom is -0.366 e. The quantitative estimate of drug-likeness (QED) is 0.720. The van der Waals surface area contributed by atoms with Crippen LogP contribution in [0.5, 0.6) is 0 Å². The first kappa shape index (κ1) is 11.0. The molecular formula is C11H12N2O2. The van der Waals surface area contributed by atoms with E-state index in [-0.39, 0.29) is 5.91 Å². The van der Waals surface area contributed by atoms with Crippen LogP contribution in [-0.4, -0.2) is 11.8 Å². The average Bonchev–Trinajstić information content (AvgIpc) is 2.19. The molecule has 0 bridgehead atoms. The summed E-state index contributed by atoms with van der Waals surface area (Å²) in [6, 6.07) is 7.33. The van der Waals surface area contributed by atoms with Gasteiger partial charge in [-0.05, 0) is 19.1 Å². The van der Waals surface area contributed by atoms with Gasteiger partial charge in [-0.15, -0.1) is 0 Å². The van der Waals surface area contributed by atoms with Gasteiger partial charge in [-0.1, -0.05) is 17.7 Å². The van der Waals surface area contributed by atoms with Crippen LogP contribution in [0.4, 0.5) is 5.69 Å². The van der Waals surface area contributed by atoms with Crippen LogP contribution >= 0.6 is 0 Å². The molecular weight excluding hydrogens is 192 g/mol. The highest BCUT2D eigenvalue weighted by atomic mass is 16.2. The molecule has 0 atom stereocenters. The van der Waals surface area contributed by atoms with E-state index in [9.17, 15) is 9.59 Å². The first-order valence-electron chi connectivity index (χ1n) is 4.43. The summed E-state index contributed by atoms with van der Waals surface area (Å²) in [5, 5.41) is 2.59. The molecule has 0 saturated heterocycles. The van der Waals surface area contributed by atoms with Crippen LogP contribution in [0.15, 0.2) is 36.4 Å². The second-order valence-corrected chi connectivity index (χ2v) is 3.09. The molecule has 1 aromatic carbocycles. The van der Waals surface area contributed by atoms with Gasteiger partial charge in [0.15, 0.2) is 0 Å². The van der Waals surface area contributed by atoms with Gasteiger partial charge in [0.2, 0.25) is 11.8 Å². The van der Waals surface area contributed by atoms with Crippen molar-refractivity contribution in [2.24, 2.45) is 5.73 Å². The molecule has 15 heavy (non-hydrogen) atoms. The van der Waals surface area contributed by atoms with Gasteiger partial charge in [-0.25, -0.2) is 0 Å². The largest absolute Gasteiger partial charge is 0.366 e. The number of carbonyl (C=O) groups excluding carboxylic acids is 2. The summed E-state index contributed by atoms with van der Waals surface area (Å²) in [5.41, 5.74) is 6.64. The van der Waals surface area contributed by atoms with Crippen molar-refractivity contribution in [3.63, 3.8) is 0 Å². The summed E-state index contributed by atoms with van der Waals surface area (Å²) >= 11 is 0. The highest BCUT2D eigenvalue weighted by Crippen LogP contribution is 2.08. The molecule has 1 rings (SSSR count). The maximum absolute atomic E-state index is 11.2. The summed E-state index contributed by atoms with van der Waals surface area (Å²) < 4.78 is 0. The van der Waals surface area contributed by atoms with E-state index in [2.05, 4.69) is 5.32 Å². The van der Waals surface area contributed by atoms with Gasteiger partial charge in [-0.3, -0.25) is 9.59 Å². The predicted molar refractivity (Wildman–Crippen MR) is 58.1 cm³/mol. The SMILES string of the molecule is Cc1ccc(NC(=O)/C=C/C(N)=O)cc1. The Morgan fingerprint density at radius 3 is 2.33 bits per heavy atom. The lowest BCUT2D eigenvalue weighted by Gasteiger charge is -2.01. The van der Waals surface area contributed by atoms with Crippen molar-refractivity contribution in [3.05, 3.63) is 42.0 Å². The van der Waals surface area contributed by atoms with Gasteiger partial charge in [-0.2, -0.15) is 0 Å². The Morgan fingerprint density at radius 1 is 1.20 bits per heavy atom. The van der Waals surface area contributed by atoms with Crippen LogP contribution in [0.1, 0.15) is 5.56 Å². The molecule has 0 radical (unpaired) electrons. The van der Waals surface area contributed by atoms with E-state index in [1.54, 1.807) is 12.1 Å². The van der Waals surface area contributed by atoms with Crippen molar-refractivity contribution >= 4 is 17.5 Å². The standard InChI is InChI=1S/C11H12N2O2/c1-8-2-4-9(5-3-8)13-11(15)7-6-10(12)14/h2-7H,1H3,(H2,12,14)(H,13,15)/b7-6+. The van der Waals surface area contributed by atoms with Crippen molar-refractivity contribution in [1.82, 2.24) is 0 Å². The molecule has 0 unspecified atom stereocenters. The smallest absolute Gasteiger partial charge is 0.248 e. The number of rotatable bonds is 3. The number of hydrogen-bond acceptors (Lipinski definition) is 2. The van der Waals surface area contributed by atoms with Crippen LogP contribution in [0.25, 0.3) is 0 Å². The maximum atomic E-state index is 11.2. The van der Waals surface area contributed by atoms with Crippen LogP contribution in [0, 0.1) is 6.92 Å². The van der Waals surface area contributed by atoms with Crippen LogP contribution < -0.4 is 11.1 Å². The predicted octanol–water partition coefficient (Wildman–Crippen LogP) is 0.975. The zero-order chi connectivity index (χ0) is 11.3. The van der Waals surface area contributed by atoms with Crippen molar-refractivity contribution in [2.75, 3.05) is 5.32 Å². The van der Waals surface area contributed by atoms with Crippen LogP contribution in [0.2, 0.25) is 0 Å². The van der Waals surface area contributed by atoms with E-state index in [0.29, 0.717) is 5.69 Å². The molecule has 0 aliphatic heterocycles. The summed E-state index contributed by atoms with van der Waals surface area (Å²) in [6.45, 7) is 1.96. The van der Waals surface area contributed by atoms with Crippen molar-refractivity contribution in [3.8, 4) is 0 Å². The summed E-state index contributed by atoms with van der Waals surface area (Å²) in [4.78, 5) is 21.6. The minimum atomic E-state index is -0.644. The molecule has 0 aromatic heterocycles. The van der Waals surface area contributed by atoms with Gasteiger partial charge in [0.1, 0.15) is 0 Å². The number of primary amides is 1. The van der Waals surface area contributed by atoms with E-state index in [1.807, 2.05) is 19.1 Å². The zero-order valence-corrected chi connectivity index (χ0v) is 8.36. The van der Waals surface area contributed by atoms with Crippen molar-refractivity contribution in [1.29, 1.82) is 0 Å². The monoisotopic (exact) mass is 204 g/mol. The van der Waals surface area contributed by atoms with Gasteiger partial charge in [0, 0.05) is 17.8 Å². The molecule has 1 aromatic rings. The molecule has 0 aliphatic carbocycles. The molecule has 0 aliphatic rings. The molecule has 2 amide bonds. The molecule has 0 saturated carbocycles. The summed E-state index contributed by atoms with van der Waals surface area (Å²) in [7, 11) is 0. The van der Waals surface area contributed by atoms with E-state index >= 15 is 0 Å². The highest BCUT2D eigenvalue weighted by molar-refractivity contribution is 6.03. The van der Waals surface area contributed by atoms with Crippen LogP contribution in [0.3, 0.4) is 0 Å². The molecule has 4 heteroatoms. The zero-order valence-electron chi connectivity index (χ0n) is 8.36. The van der Waals surface area contributed by atoms with E-state index < -0.39 is 5.91 Å². The van der Waals surface area contributed by atoms with Crippen molar-refractivity contribution < 1.29 is 9.59 Å². The van der Waals surface area contributed by atoms with Gasteiger partial charge in [0.05, 0.1) is 0 Å². The topological polar surface area (TPSA) is 72.2 Å². The fraction of sp³-hybridized carbons (Fsp3) is 0.0909. The fourth-order valence-corrected chi connectivity index (χ4v) is 0.979. The Morgan fingerprint density at radius 2 is 1.80 bits per heavy atom. The lowest BCUT2D eigenvalue weighted by Crippen LogP contribution is -2.11. The Hall–Kier alpha value is -2.10. The van der Waals surface area contributed by atoms with Gasteiger partial charge >= 0.3 is 0 Å². The number of anilines is 1. The first-order chi connectivity index (χ1) is 7.08. The minimum absolute atomic E-state index is 0.377. The Balaban J connectivity index is 2.59. The number of benzene rings is 1. The van der Waals surface area contributed by atoms with E-state index in [4.69, 9.17) is 5.73 Å². The van der Waals surface area contributed by atoms with E-state index in [1.165, 1.54) is 0 Å². The van der Waals surface area contributed by atoms with Crippen LogP contribution in [-0.2, 0) is 9.59 Å². The van der Waals surface area contributed by atoms with Gasteiger partial charge < -0.3 is 11.1 Å². The number of hydrogen-bond donors (Lipinski definition) is 2. The number of nitrogens with one attached hydrogen (secondary N) is 1. The molecule has 0 heterocycles. The second-order valence-electron chi connectivity index (χ2n) is 3.09. The fourth-order valence-electron chi connectivity index (χ4n) is 0.979. The number of nitrogens with two attached hydrogens (primary N) is 1. The maximum Gasteiger partial charge on any atom is 0.248 e. The third kappa shape index (κ3) is 4.08. The third-order valence-corrected chi connectivity index (χ3v) is 1.72. The first-order valence-corrected chi connectivity index (χ1v) is 4.43. The average molecular weight is 204 g/mol. The highest BCUT2D eigenvalue weighted by Gasteiger charge is 1.97. The molecule has 3 N–H and O–H groups in total. The number of aryl methyl sites for hydroxylation is 1. The van der Waals surface area contributed by atoms with Gasteiger partial charge in [0.25, 0.3) is 0 Å². The molecule has 78 valence electrons. The second kappa shape index (κ2) is 4.95. The number of amides is 2. The van der Waals surface area contributed by atoms with Crippen molar-refractivity contribution in [2.45, 2.75) is 6.92 Å². The molecule has 4 nitrogen and oxygen atoms in total. The Labute approximate surface area is 87.8 Å².